The molecule has 0 saturated carbocycles. The third kappa shape index (κ3) is 3.20. The minimum Gasteiger partial charge on any atom is -0.344 e. The molecule has 0 aliphatic carbocycles. The van der Waals surface area contributed by atoms with E-state index >= 15 is 0 Å². The molecule has 2 amide bonds. The summed E-state index contributed by atoms with van der Waals surface area (Å²) >= 11 is 6.25. The minimum absolute atomic E-state index is 0.0470. The van der Waals surface area contributed by atoms with Crippen molar-refractivity contribution in [3.63, 3.8) is 0 Å². The van der Waals surface area contributed by atoms with Gasteiger partial charge in [0, 0.05) is 20.0 Å². The number of rotatable bonds is 3. The lowest BCUT2D eigenvalue weighted by Crippen LogP contribution is -2.47. The van der Waals surface area contributed by atoms with Gasteiger partial charge in [0.15, 0.2) is 0 Å². The van der Waals surface area contributed by atoms with Crippen molar-refractivity contribution in [2.75, 3.05) is 6.54 Å². The van der Waals surface area contributed by atoms with Crippen molar-refractivity contribution in [3.05, 3.63) is 16.4 Å². The lowest BCUT2D eigenvalue weighted by Gasteiger charge is -2.26. The van der Waals surface area contributed by atoms with Crippen LogP contribution in [0.3, 0.4) is 0 Å². The fraction of sp³-hybridized carbons (Fsp3) is 0.643. The second-order valence-corrected chi connectivity index (χ2v) is 6.15. The summed E-state index contributed by atoms with van der Waals surface area (Å²) in [6, 6.07) is -0.479. The fourth-order valence-electron chi connectivity index (χ4n) is 2.49. The smallest absolute Gasteiger partial charge is 0.245 e. The average Bonchev–Trinajstić information content (AvgIpc) is 2.57. The van der Waals surface area contributed by atoms with E-state index in [0.717, 1.165) is 11.4 Å². The Bertz CT molecular complexity index is 568. The molecule has 1 unspecified atom stereocenters. The summed E-state index contributed by atoms with van der Waals surface area (Å²) in [6.07, 6.45) is 0.309. The van der Waals surface area contributed by atoms with E-state index in [4.69, 9.17) is 11.6 Å². The number of nitrogens with one attached hydrogen (secondary N) is 1. The zero-order chi connectivity index (χ0) is 15.7. The van der Waals surface area contributed by atoms with Gasteiger partial charge in [-0.05, 0) is 12.8 Å². The lowest BCUT2D eigenvalue weighted by atomic mass is 10.0. The molecule has 21 heavy (non-hydrogen) atoms. The number of carbonyl (C=O) groups excluding carboxylic acids is 2. The summed E-state index contributed by atoms with van der Waals surface area (Å²) in [4.78, 5) is 26.0. The van der Waals surface area contributed by atoms with Crippen LogP contribution in [0.25, 0.3) is 0 Å². The van der Waals surface area contributed by atoms with E-state index in [1.165, 1.54) is 0 Å². The molecular formula is C14H21ClN4O2. The van der Waals surface area contributed by atoms with Crippen LogP contribution in [-0.4, -0.2) is 39.1 Å². The number of hydrogen-bond acceptors (Lipinski definition) is 3. The van der Waals surface area contributed by atoms with Crippen molar-refractivity contribution in [2.45, 2.75) is 39.8 Å². The Morgan fingerprint density at radius 2 is 2.10 bits per heavy atom. The number of nitrogens with zero attached hydrogens (tertiary/aromatic N) is 3. The molecule has 0 spiro atoms. The first-order chi connectivity index (χ1) is 9.81. The molecule has 1 N–H and O–H groups in total. The Balaban J connectivity index is 2.25. The van der Waals surface area contributed by atoms with Gasteiger partial charge in [-0.2, -0.15) is 5.10 Å². The van der Waals surface area contributed by atoms with Crippen molar-refractivity contribution in [3.8, 4) is 0 Å². The Kier molecular flexibility index (Phi) is 4.56. The molecule has 1 aromatic rings. The highest BCUT2D eigenvalue weighted by atomic mass is 35.5. The third-order valence-electron chi connectivity index (χ3n) is 3.77. The number of hydrogen-bond donors (Lipinski definition) is 1. The van der Waals surface area contributed by atoms with E-state index in [1.807, 2.05) is 20.8 Å². The summed E-state index contributed by atoms with van der Waals surface area (Å²) in [5.41, 5.74) is 1.53. The molecule has 0 bridgehead atoms. The first-order valence-electron chi connectivity index (χ1n) is 7.07. The molecule has 2 heterocycles. The van der Waals surface area contributed by atoms with Crippen LogP contribution in [0.2, 0.25) is 5.02 Å². The van der Waals surface area contributed by atoms with Gasteiger partial charge in [0.05, 0.1) is 23.0 Å². The summed E-state index contributed by atoms with van der Waals surface area (Å²) in [7, 11) is 1.81. The third-order valence-corrected chi connectivity index (χ3v) is 4.26. The number of halogens is 1. The Morgan fingerprint density at radius 3 is 2.62 bits per heavy atom. The molecule has 0 aromatic carbocycles. The van der Waals surface area contributed by atoms with E-state index in [1.54, 1.807) is 16.6 Å². The van der Waals surface area contributed by atoms with Gasteiger partial charge < -0.3 is 10.2 Å². The van der Waals surface area contributed by atoms with Gasteiger partial charge in [-0.15, -0.1) is 0 Å². The Morgan fingerprint density at radius 1 is 1.43 bits per heavy atom. The number of aromatic nitrogens is 2. The highest BCUT2D eigenvalue weighted by Gasteiger charge is 2.32. The van der Waals surface area contributed by atoms with E-state index in [2.05, 4.69) is 10.4 Å². The normalized spacial score (nSPS) is 19.9. The zero-order valence-electron chi connectivity index (χ0n) is 12.8. The summed E-state index contributed by atoms with van der Waals surface area (Å²) < 4.78 is 1.69. The van der Waals surface area contributed by atoms with Crippen LogP contribution in [0.4, 0.5) is 0 Å². The molecule has 1 fully saturated rings. The van der Waals surface area contributed by atoms with E-state index in [0.29, 0.717) is 24.5 Å². The molecule has 116 valence electrons. The van der Waals surface area contributed by atoms with Crippen LogP contribution < -0.4 is 5.32 Å². The number of carbonyl (C=O) groups is 2. The van der Waals surface area contributed by atoms with E-state index < -0.39 is 6.04 Å². The van der Waals surface area contributed by atoms with E-state index in [9.17, 15) is 9.59 Å². The standard InChI is InChI=1S/C14H21ClN4O2/c1-8(2)13-14(21)19(6-5-11(20)16-13)7-10-12(15)9(3)17-18(10)4/h8,13H,5-7H2,1-4H3,(H,16,20). The monoisotopic (exact) mass is 312 g/mol. The molecule has 6 nitrogen and oxygen atoms in total. The van der Waals surface area contributed by atoms with Gasteiger partial charge in [-0.1, -0.05) is 25.4 Å². The molecule has 7 heteroatoms. The van der Waals surface area contributed by atoms with Gasteiger partial charge in [0.1, 0.15) is 6.04 Å². The van der Waals surface area contributed by atoms with Crippen LogP contribution in [0.5, 0.6) is 0 Å². The van der Waals surface area contributed by atoms with Crippen LogP contribution in [0.1, 0.15) is 31.7 Å². The van der Waals surface area contributed by atoms with Crippen molar-refractivity contribution in [1.82, 2.24) is 20.0 Å². The number of amides is 2. The van der Waals surface area contributed by atoms with Crippen molar-refractivity contribution >= 4 is 23.4 Å². The zero-order valence-corrected chi connectivity index (χ0v) is 13.6. The van der Waals surface area contributed by atoms with Gasteiger partial charge in [0.25, 0.3) is 0 Å². The quantitative estimate of drug-likeness (QED) is 0.913. The summed E-state index contributed by atoms with van der Waals surface area (Å²) in [6.45, 7) is 6.45. The van der Waals surface area contributed by atoms with Gasteiger partial charge in [-0.3, -0.25) is 14.3 Å². The highest BCUT2D eigenvalue weighted by Crippen LogP contribution is 2.22. The molecule has 1 aliphatic rings. The Hall–Kier alpha value is -1.56. The van der Waals surface area contributed by atoms with Gasteiger partial charge >= 0.3 is 0 Å². The van der Waals surface area contributed by atoms with Crippen LogP contribution in [-0.2, 0) is 23.2 Å². The maximum absolute atomic E-state index is 12.6. The largest absolute Gasteiger partial charge is 0.344 e. The maximum atomic E-state index is 12.6. The Labute approximate surface area is 129 Å². The average molecular weight is 313 g/mol. The van der Waals surface area contributed by atoms with Crippen molar-refractivity contribution < 1.29 is 9.59 Å². The molecule has 1 aliphatic heterocycles. The predicted octanol–water partition coefficient (Wildman–Crippen LogP) is 1.26. The topological polar surface area (TPSA) is 67.2 Å². The van der Waals surface area contributed by atoms with Crippen LogP contribution >= 0.6 is 11.6 Å². The van der Waals surface area contributed by atoms with Gasteiger partial charge in [-0.25, -0.2) is 0 Å². The van der Waals surface area contributed by atoms with Crippen LogP contribution in [0.15, 0.2) is 0 Å². The van der Waals surface area contributed by atoms with E-state index in [-0.39, 0.29) is 17.7 Å². The molecule has 1 atom stereocenters. The van der Waals surface area contributed by atoms with Gasteiger partial charge in [0.2, 0.25) is 11.8 Å². The summed E-state index contributed by atoms with van der Waals surface area (Å²) in [5.74, 6) is -0.103. The maximum Gasteiger partial charge on any atom is 0.245 e. The van der Waals surface area contributed by atoms with Crippen molar-refractivity contribution in [1.29, 1.82) is 0 Å². The molecule has 2 rings (SSSR count). The minimum atomic E-state index is -0.479. The molecule has 1 saturated heterocycles. The second-order valence-electron chi connectivity index (χ2n) is 5.77. The summed E-state index contributed by atoms with van der Waals surface area (Å²) in [5, 5.41) is 7.63. The predicted molar refractivity (Wildman–Crippen MR) is 79.8 cm³/mol. The molecular weight excluding hydrogens is 292 g/mol. The first-order valence-corrected chi connectivity index (χ1v) is 7.45. The van der Waals surface area contributed by atoms with Crippen molar-refractivity contribution in [2.24, 2.45) is 13.0 Å². The lowest BCUT2D eigenvalue weighted by molar-refractivity contribution is -0.135. The molecule has 1 aromatic heterocycles. The first kappa shape index (κ1) is 15.8. The second kappa shape index (κ2) is 6.05. The molecule has 0 radical (unpaired) electrons. The SMILES string of the molecule is Cc1nn(C)c(CN2CCC(=O)NC(C(C)C)C2=O)c1Cl. The fourth-order valence-corrected chi connectivity index (χ4v) is 2.71. The highest BCUT2D eigenvalue weighted by molar-refractivity contribution is 6.31. The number of aryl methyl sites for hydroxylation is 2. The van der Waals surface area contributed by atoms with Crippen LogP contribution in [0, 0.1) is 12.8 Å².